The third-order valence-electron chi connectivity index (χ3n) is 4.66. The second-order valence-corrected chi connectivity index (χ2v) is 6.21. The van der Waals surface area contributed by atoms with E-state index in [1.54, 1.807) is 0 Å². The zero-order valence-electron chi connectivity index (χ0n) is 15.1. The van der Waals surface area contributed by atoms with Gasteiger partial charge in [-0.1, -0.05) is 30.3 Å². The number of imidazole rings is 3. The summed E-state index contributed by atoms with van der Waals surface area (Å²) in [7, 11) is 0. The summed E-state index contributed by atoms with van der Waals surface area (Å²) in [6.45, 7) is 6.67. The number of benzene rings is 1. The van der Waals surface area contributed by atoms with Gasteiger partial charge in [0.25, 0.3) is 0 Å². The highest BCUT2D eigenvalue weighted by Crippen LogP contribution is 2.30. The quantitative estimate of drug-likeness (QED) is 0.536. The predicted molar refractivity (Wildman–Crippen MR) is 102 cm³/mol. The van der Waals surface area contributed by atoms with Crippen LogP contribution in [0.1, 0.15) is 12.7 Å². The average Bonchev–Trinajstić information content (AvgIpc) is 3.39. The standard InChI is InChI=1S/C20H22N6/c1-3-24-11-10-22-20(24)19-18(17-7-5-4-6-8-17)23-15-26(19)14-13-25-12-9-21-16(25)2/h4-12,15H,3,13-14H2,1-2H3. The van der Waals surface area contributed by atoms with Crippen molar-refractivity contribution in [3.05, 3.63) is 67.3 Å². The maximum absolute atomic E-state index is 4.72. The molecule has 132 valence electrons. The molecule has 0 radical (unpaired) electrons. The van der Waals surface area contributed by atoms with E-state index >= 15 is 0 Å². The topological polar surface area (TPSA) is 53.5 Å². The Morgan fingerprint density at radius 2 is 1.58 bits per heavy atom. The van der Waals surface area contributed by atoms with Crippen LogP contribution in [-0.4, -0.2) is 28.7 Å². The SMILES string of the molecule is CCn1ccnc1-c1c(-c2ccccc2)ncn1CCn1ccnc1C. The van der Waals surface area contributed by atoms with Gasteiger partial charge >= 0.3 is 0 Å². The van der Waals surface area contributed by atoms with Crippen LogP contribution in [0.4, 0.5) is 0 Å². The van der Waals surface area contributed by atoms with E-state index in [1.807, 2.05) is 56.2 Å². The molecule has 0 aliphatic carbocycles. The summed E-state index contributed by atoms with van der Waals surface area (Å²) < 4.78 is 6.50. The Kier molecular flexibility index (Phi) is 4.39. The lowest BCUT2D eigenvalue weighted by molar-refractivity contribution is 0.568. The molecule has 0 fully saturated rings. The van der Waals surface area contributed by atoms with Crippen molar-refractivity contribution in [1.82, 2.24) is 28.7 Å². The zero-order chi connectivity index (χ0) is 17.9. The Labute approximate surface area is 152 Å². The third-order valence-corrected chi connectivity index (χ3v) is 4.66. The summed E-state index contributed by atoms with van der Waals surface area (Å²) in [4.78, 5) is 13.6. The van der Waals surface area contributed by atoms with Crippen molar-refractivity contribution in [1.29, 1.82) is 0 Å². The van der Waals surface area contributed by atoms with Crippen molar-refractivity contribution < 1.29 is 0 Å². The highest BCUT2D eigenvalue weighted by Gasteiger charge is 2.18. The Balaban J connectivity index is 1.77. The van der Waals surface area contributed by atoms with E-state index in [9.17, 15) is 0 Å². The van der Waals surface area contributed by atoms with Gasteiger partial charge in [-0.15, -0.1) is 0 Å². The first kappa shape index (κ1) is 16.3. The molecule has 26 heavy (non-hydrogen) atoms. The van der Waals surface area contributed by atoms with Gasteiger partial charge in [0.1, 0.15) is 11.5 Å². The number of aryl methyl sites for hydroxylation is 4. The molecule has 3 aromatic heterocycles. The maximum Gasteiger partial charge on any atom is 0.158 e. The first-order chi connectivity index (χ1) is 12.8. The fourth-order valence-corrected chi connectivity index (χ4v) is 3.23. The van der Waals surface area contributed by atoms with Crippen LogP contribution < -0.4 is 0 Å². The smallest absolute Gasteiger partial charge is 0.158 e. The van der Waals surface area contributed by atoms with Crippen LogP contribution in [0.5, 0.6) is 0 Å². The molecule has 4 rings (SSSR count). The Morgan fingerprint density at radius 3 is 2.31 bits per heavy atom. The Bertz CT molecular complexity index is 992. The summed E-state index contributed by atoms with van der Waals surface area (Å²) in [6.07, 6.45) is 9.63. The van der Waals surface area contributed by atoms with Gasteiger partial charge in [0.15, 0.2) is 5.82 Å². The second kappa shape index (κ2) is 7.00. The van der Waals surface area contributed by atoms with Gasteiger partial charge in [0.05, 0.1) is 12.0 Å². The van der Waals surface area contributed by atoms with Crippen molar-refractivity contribution in [3.63, 3.8) is 0 Å². The lowest BCUT2D eigenvalue weighted by Crippen LogP contribution is -2.10. The minimum absolute atomic E-state index is 0.808. The van der Waals surface area contributed by atoms with Crippen molar-refractivity contribution in [2.45, 2.75) is 33.5 Å². The first-order valence-electron chi connectivity index (χ1n) is 8.87. The molecule has 0 aliphatic rings. The van der Waals surface area contributed by atoms with Gasteiger partial charge in [-0.25, -0.2) is 15.0 Å². The molecule has 0 unspecified atom stereocenters. The van der Waals surface area contributed by atoms with Crippen LogP contribution in [0.15, 0.2) is 61.4 Å². The summed E-state index contributed by atoms with van der Waals surface area (Å²) in [5.74, 6) is 1.97. The van der Waals surface area contributed by atoms with Gasteiger partial charge in [0, 0.05) is 50.0 Å². The molecule has 6 nitrogen and oxygen atoms in total. The van der Waals surface area contributed by atoms with Crippen LogP contribution in [-0.2, 0) is 19.6 Å². The molecule has 0 N–H and O–H groups in total. The number of rotatable bonds is 6. The second-order valence-electron chi connectivity index (χ2n) is 6.21. The molecule has 0 saturated carbocycles. The molecule has 0 spiro atoms. The fourth-order valence-electron chi connectivity index (χ4n) is 3.23. The fraction of sp³-hybridized carbons (Fsp3) is 0.250. The van der Waals surface area contributed by atoms with Crippen LogP contribution >= 0.6 is 0 Å². The third kappa shape index (κ3) is 2.94. The molecule has 1 aromatic carbocycles. The molecule has 0 saturated heterocycles. The maximum atomic E-state index is 4.72. The van der Waals surface area contributed by atoms with Gasteiger partial charge < -0.3 is 13.7 Å². The number of hydrogen-bond donors (Lipinski definition) is 0. The van der Waals surface area contributed by atoms with Crippen molar-refractivity contribution >= 4 is 0 Å². The largest absolute Gasteiger partial charge is 0.333 e. The average molecular weight is 346 g/mol. The molecule has 3 heterocycles. The lowest BCUT2D eigenvalue weighted by Gasteiger charge is -2.12. The van der Waals surface area contributed by atoms with Gasteiger partial charge in [-0.2, -0.15) is 0 Å². The van der Waals surface area contributed by atoms with E-state index < -0.39 is 0 Å². The van der Waals surface area contributed by atoms with Crippen molar-refractivity contribution in [3.8, 4) is 22.8 Å². The van der Waals surface area contributed by atoms with E-state index in [1.165, 1.54) is 0 Å². The normalized spacial score (nSPS) is 11.2. The predicted octanol–water partition coefficient (Wildman–Crippen LogP) is 3.64. The number of nitrogens with zero attached hydrogens (tertiary/aromatic N) is 6. The molecular weight excluding hydrogens is 324 g/mol. The highest BCUT2D eigenvalue weighted by molar-refractivity contribution is 5.75. The van der Waals surface area contributed by atoms with Gasteiger partial charge in [-0.05, 0) is 13.8 Å². The van der Waals surface area contributed by atoms with E-state index in [4.69, 9.17) is 4.98 Å². The van der Waals surface area contributed by atoms with Crippen molar-refractivity contribution in [2.24, 2.45) is 0 Å². The monoisotopic (exact) mass is 346 g/mol. The molecule has 0 aliphatic heterocycles. The van der Waals surface area contributed by atoms with Gasteiger partial charge in [0.2, 0.25) is 0 Å². The summed E-state index contributed by atoms with van der Waals surface area (Å²) in [5, 5.41) is 0. The van der Waals surface area contributed by atoms with E-state index in [2.05, 4.69) is 42.7 Å². The summed E-state index contributed by atoms with van der Waals surface area (Å²) in [5.41, 5.74) is 3.13. The first-order valence-corrected chi connectivity index (χ1v) is 8.87. The lowest BCUT2D eigenvalue weighted by atomic mass is 10.1. The summed E-state index contributed by atoms with van der Waals surface area (Å²) in [6, 6.07) is 10.3. The van der Waals surface area contributed by atoms with Gasteiger partial charge in [-0.3, -0.25) is 0 Å². The van der Waals surface area contributed by atoms with E-state index in [0.29, 0.717) is 0 Å². The molecule has 0 bridgehead atoms. The van der Waals surface area contributed by atoms with Crippen LogP contribution in [0, 0.1) is 6.92 Å². The number of aromatic nitrogens is 6. The van der Waals surface area contributed by atoms with Crippen LogP contribution in [0.25, 0.3) is 22.8 Å². The Morgan fingerprint density at radius 1 is 0.846 bits per heavy atom. The van der Waals surface area contributed by atoms with E-state index in [-0.39, 0.29) is 0 Å². The molecule has 6 heteroatoms. The molecule has 0 amide bonds. The Hall–Kier alpha value is -3.15. The molecule has 4 aromatic rings. The van der Waals surface area contributed by atoms with Crippen molar-refractivity contribution in [2.75, 3.05) is 0 Å². The van der Waals surface area contributed by atoms with Crippen LogP contribution in [0.3, 0.4) is 0 Å². The minimum Gasteiger partial charge on any atom is -0.333 e. The summed E-state index contributed by atoms with van der Waals surface area (Å²) >= 11 is 0. The van der Waals surface area contributed by atoms with E-state index in [0.717, 1.165) is 48.2 Å². The zero-order valence-corrected chi connectivity index (χ0v) is 15.1. The van der Waals surface area contributed by atoms with Crippen LogP contribution in [0.2, 0.25) is 0 Å². The minimum atomic E-state index is 0.808. The highest BCUT2D eigenvalue weighted by atomic mass is 15.2. The molecular formula is C20H22N6. The molecule has 0 atom stereocenters. The number of hydrogen-bond acceptors (Lipinski definition) is 3.